The zero-order valence-corrected chi connectivity index (χ0v) is 12.6. The number of likely N-dealkylation sites (tertiary alicyclic amines) is 1. The van der Waals surface area contributed by atoms with Crippen LogP contribution in [0, 0.1) is 17.3 Å². The molecule has 1 aliphatic heterocycles. The van der Waals surface area contributed by atoms with Gasteiger partial charge in [-0.3, -0.25) is 14.4 Å². The van der Waals surface area contributed by atoms with Crippen LogP contribution in [0.4, 0.5) is 4.79 Å². The summed E-state index contributed by atoms with van der Waals surface area (Å²) >= 11 is 10.8. The Kier molecular flexibility index (Phi) is 3.38. The van der Waals surface area contributed by atoms with E-state index >= 15 is 0 Å². The summed E-state index contributed by atoms with van der Waals surface area (Å²) in [5.74, 6) is -2.25. The number of piperidine rings is 1. The molecular formula is C12H13Cl2NO5. The fourth-order valence-electron chi connectivity index (χ4n) is 2.63. The zero-order chi connectivity index (χ0) is 15.5. The summed E-state index contributed by atoms with van der Waals surface area (Å²) in [6.07, 6.45) is -0.798. The van der Waals surface area contributed by atoms with Crippen LogP contribution in [0.2, 0.25) is 0 Å². The Morgan fingerprint density at radius 3 is 2.05 bits per heavy atom. The van der Waals surface area contributed by atoms with Gasteiger partial charge in [0.05, 0.1) is 5.92 Å². The molecule has 0 N–H and O–H groups in total. The molecule has 0 spiro atoms. The van der Waals surface area contributed by atoms with Crippen molar-refractivity contribution in [1.82, 2.24) is 4.90 Å². The first-order valence-corrected chi connectivity index (χ1v) is 6.73. The Morgan fingerprint density at radius 1 is 1.25 bits per heavy atom. The Balaban J connectivity index is 2.15. The lowest BCUT2D eigenvalue weighted by molar-refractivity contribution is -0.137. The molecule has 0 radical (unpaired) electrons. The number of nitrogens with zero attached hydrogens (tertiary/aromatic N) is 1. The minimum atomic E-state index is -1.67. The van der Waals surface area contributed by atoms with Gasteiger partial charge in [-0.15, -0.1) is 0 Å². The predicted molar refractivity (Wildman–Crippen MR) is 69.1 cm³/mol. The highest BCUT2D eigenvalue weighted by Gasteiger charge is 2.80. The van der Waals surface area contributed by atoms with Gasteiger partial charge in [-0.2, -0.15) is 0 Å². The summed E-state index contributed by atoms with van der Waals surface area (Å²) in [6, 6.07) is 0. The zero-order valence-electron chi connectivity index (χ0n) is 11.1. The first kappa shape index (κ1) is 15.3. The van der Waals surface area contributed by atoms with Crippen LogP contribution in [0.5, 0.6) is 0 Å². The van der Waals surface area contributed by atoms with Crippen molar-refractivity contribution in [3.8, 4) is 0 Å². The Bertz CT molecular complexity index is 510. The molecule has 1 saturated carbocycles. The average Bonchev–Trinajstić information content (AvgIpc) is 2.81. The Hall–Kier alpha value is -1.14. The third-order valence-electron chi connectivity index (χ3n) is 3.54. The second kappa shape index (κ2) is 4.43. The standard InChI is InChI=1S/C12H13Cl2NO5/c1-11(2,3)20-10(19)15-4-5-6(7(15)16)12(5,8(13)17)9(14)18/h5-6H,4H2,1-3H3. The molecular weight excluding hydrogens is 309 g/mol. The van der Waals surface area contributed by atoms with Crippen LogP contribution in [0.3, 0.4) is 0 Å². The fraction of sp³-hybridized carbons (Fsp3) is 0.667. The molecule has 2 aliphatic rings. The summed E-state index contributed by atoms with van der Waals surface area (Å²) in [4.78, 5) is 47.6. The molecule has 20 heavy (non-hydrogen) atoms. The summed E-state index contributed by atoms with van der Waals surface area (Å²) in [5, 5.41) is -1.91. The number of amides is 2. The quantitative estimate of drug-likeness (QED) is 0.569. The maximum absolute atomic E-state index is 12.1. The van der Waals surface area contributed by atoms with Crippen LogP contribution in [-0.4, -0.2) is 39.5 Å². The first-order valence-electron chi connectivity index (χ1n) is 5.97. The van der Waals surface area contributed by atoms with Crippen LogP contribution in [0.1, 0.15) is 20.8 Å². The van der Waals surface area contributed by atoms with E-state index in [1.807, 2.05) is 0 Å². The number of imide groups is 1. The molecule has 8 heteroatoms. The van der Waals surface area contributed by atoms with Gasteiger partial charge in [-0.05, 0) is 44.0 Å². The number of rotatable bonds is 2. The molecule has 0 bridgehead atoms. The van der Waals surface area contributed by atoms with Gasteiger partial charge in [0.1, 0.15) is 11.0 Å². The molecule has 1 aliphatic carbocycles. The van der Waals surface area contributed by atoms with Crippen molar-refractivity contribution in [1.29, 1.82) is 0 Å². The van der Waals surface area contributed by atoms with Crippen LogP contribution >= 0.6 is 23.2 Å². The third-order valence-corrected chi connectivity index (χ3v) is 4.17. The summed E-state index contributed by atoms with van der Waals surface area (Å²) < 4.78 is 5.08. The van der Waals surface area contributed by atoms with Crippen LogP contribution in [-0.2, 0) is 19.1 Å². The number of carbonyl (C=O) groups excluding carboxylic acids is 4. The minimum Gasteiger partial charge on any atom is -0.443 e. The van der Waals surface area contributed by atoms with Gasteiger partial charge >= 0.3 is 6.09 Å². The van der Waals surface area contributed by atoms with Crippen molar-refractivity contribution in [2.75, 3.05) is 6.54 Å². The highest BCUT2D eigenvalue weighted by molar-refractivity contribution is 6.75. The predicted octanol–water partition coefficient (Wildman–Crippen LogP) is 1.53. The number of carbonyl (C=O) groups is 4. The Labute approximate surface area is 125 Å². The van der Waals surface area contributed by atoms with Gasteiger partial charge in [0.15, 0.2) is 0 Å². The molecule has 0 aromatic carbocycles. The molecule has 2 amide bonds. The van der Waals surface area contributed by atoms with Crippen molar-refractivity contribution in [3.63, 3.8) is 0 Å². The van der Waals surface area contributed by atoms with E-state index in [0.29, 0.717) is 0 Å². The molecule has 110 valence electrons. The SMILES string of the molecule is CC(C)(C)OC(=O)N1CC2C(C1=O)C2(C(=O)Cl)C(=O)Cl. The van der Waals surface area contributed by atoms with E-state index in [-0.39, 0.29) is 6.54 Å². The maximum atomic E-state index is 12.1. The van der Waals surface area contributed by atoms with Crippen molar-refractivity contribution in [2.45, 2.75) is 26.4 Å². The van der Waals surface area contributed by atoms with Gasteiger partial charge < -0.3 is 4.74 Å². The molecule has 2 fully saturated rings. The van der Waals surface area contributed by atoms with Crippen LogP contribution < -0.4 is 0 Å². The van der Waals surface area contributed by atoms with Gasteiger partial charge in [-0.1, -0.05) is 0 Å². The lowest BCUT2D eigenvalue weighted by atomic mass is 10.0. The molecule has 6 nitrogen and oxygen atoms in total. The topological polar surface area (TPSA) is 80.8 Å². The van der Waals surface area contributed by atoms with Crippen molar-refractivity contribution >= 4 is 45.7 Å². The third kappa shape index (κ3) is 2.02. The summed E-state index contributed by atoms with van der Waals surface area (Å²) in [7, 11) is 0. The Morgan fingerprint density at radius 2 is 1.75 bits per heavy atom. The fourth-order valence-corrected chi connectivity index (χ4v) is 3.36. The van der Waals surface area contributed by atoms with Gasteiger partial charge in [0.25, 0.3) is 0 Å². The summed E-state index contributed by atoms with van der Waals surface area (Å²) in [6.45, 7) is 4.92. The van der Waals surface area contributed by atoms with Gasteiger partial charge in [-0.25, -0.2) is 9.69 Å². The van der Waals surface area contributed by atoms with E-state index in [9.17, 15) is 19.2 Å². The molecule has 1 heterocycles. The van der Waals surface area contributed by atoms with E-state index in [2.05, 4.69) is 0 Å². The molecule has 2 unspecified atom stereocenters. The second-order valence-electron chi connectivity index (χ2n) is 5.93. The van der Waals surface area contributed by atoms with E-state index in [1.54, 1.807) is 20.8 Å². The number of ether oxygens (including phenoxy) is 1. The molecule has 0 aromatic heterocycles. The lowest BCUT2D eigenvalue weighted by Crippen LogP contribution is -2.43. The first-order chi connectivity index (χ1) is 9.03. The van der Waals surface area contributed by atoms with Gasteiger partial charge in [0, 0.05) is 12.5 Å². The largest absolute Gasteiger partial charge is 0.443 e. The van der Waals surface area contributed by atoms with Crippen molar-refractivity contribution < 1.29 is 23.9 Å². The highest BCUT2D eigenvalue weighted by atomic mass is 35.5. The number of halogens is 2. The van der Waals surface area contributed by atoms with E-state index in [4.69, 9.17) is 27.9 Å². The molecule has 0 aromatic rings. The van der Waals surface area contributed by atoms with Gasteiger partial charge in [0.2, 0.25) is 16.4 Å². The van der Waals surface area contributed by atoms with Crippen LogP contribution in [0.25, 0.3) is 0 Å². The molecule has 2 atom stereocenters. The van der Waals surface area contributed by atoms with Crippen LogP contribution in [0.15, 0.2) is 0 Å². The average molecular weight is 322 g/mol. The molecule has 1 saturated heterocycles. The monoisotopic (exact) mass is 321 g/mol. The smallest absolute Gasteiger partial charge is 0.417 e. The van der Waals surface area contributed by atoms with Crippen molar-refractivity contribution in [2.24, 2.45) is 17.3 Å². The van der Waals surface area contributed by atoms with E-state index in [0.717, 1.165) is 4.90 Å². The highest BCUT2D eigenvalue weighted by Crippen LogP contribution is 2.65. The maximum Gasteiger partial charge on any atom is 0.417 e. The van der Waals surface area contributed by atoms with E-state index < -0.39 is 45.3 Å². The number of hydrogen-bond acceptors (Lipinski definition) is 5. The van der Waals surface area contributed by atoms with E-state index in [1.165, 1.54) is 0 Å². The summed E-state index contributed by atoms with van der Waals surface area (Å²) in [5.41, 5.74) is -2.41. The van der Waals surface area contributed by atoms with Crippen molar-refractivity contribution in [3.05, 3.63) is 0 Å². The number of hydrogen-bond donors (Lipinski definition) is 0. The number of fused-ring (bicyclic) bond motifs is 1. The molecule has 2 rings (SSSR count). The second-order valence-corrected chi connectivity index (χ2v) is 6.62. The lowest BCUT2D eigenvalue weighted by Gasteiger charge is -2.25. The minimum absolute atomic E-state index is 0.0880. The normalized spacial score (nSPS) is 27.1.